The fraction of sp³-hybridized carbons (Fsp3) is 0.364. The Morgan fingerprint density at radius 1 is 1.53 bits per heavy atom. The van der Waals surface area contributed by atoms with Gasteiger partial charge in [-0.3, -0.25) is 4.79 Å². The second-order valence-electron chi connectivity index (χ2n) is 3.36. The van der Waals surface area contributed by atoms with E-state index in [1.54, 1.807) is 18.2 Å². The highest BCUT2D eigenvalue weighted by Gasteiger charge is 2.05. The lowest BCUT2D eigenvalue weighted by Gasteiger charge is -2.05. The molecule has 1 amide bonds. The summed E-state index contributed by atoms with van der Waals surface area (Å²) < 4.78 is 0. The van der Waals surface area contributed by atoms with Gasteiger partial charge in [0.05, 0.1) is 0 Å². The quantitative estimate of drug-likeness (QED) is 0.769. The Kier molecular flexibility index (Phi) is 4.59. The van der Waals surface area contributed by atoms with Crippen molar-refractivity contribution in [1.82, 2.24) is 5.32 Å². The number of nitrogens with two attached hydrogens (primary N) is 1. The van der Waals surface area contributed by atoms with E-state index in [2.05, 4.69) is 5.32 Å². The predicted octanol–water partition coefficient (Wildman–Crippen LogP) is 1.73. The average molecular weight is 227 g/mol. The number of benzene rings is 1. The zero-order valence-corrected chi connectivity index (χ0v) is 9.47. The van der Waals surface area contributed by atoms with Gasteiger partial charge >= 0.3 is 0 Å². The van der Waals surface area contributed by atoms with E-state index in [9.17, 15) is 4.79 Å². The summed E-state index contributed by atoms with van der Waals surface area (Å²) >= 11 is 5.86. The summed E-state index contributed by atoms with van der Waals surface area (Å²) in [5.74, 6) is -0.0804. The molecule has 3 nitrogen and oxygen atoms in total. The van der Waals surface area contributed by atoms with Crippen LogP contribution in [0.5, 0.6) is 0 Å². The Labute approximate surface area is 94.6 Å². The van der Waals surface area contributed by atoms with Crippen LogP contribution in [0.15, 0.2) is 18.2 Å². The predicted molar refractivity (Wildman–Crippen MR) is 62.2 cm³/mol. The van der Waals surface area contributed by atoms with Crippen LogP contribution in [0.1, 0.15) is 22.3 Å². The van der Waals surface area contributed by atoms with Crippen molar-refractivity contribution in [3.63, 3.8) is 0 Å². The van der Waals surface area contributed by atoms with Gasteiger partial charge in [-0.15, -0.1) is 0 Å². The van der Waals surface area contributed by atoms with Crippen LogP contribution < -0.4 is 11.1 Å². The summed E-state index contributed by atoms with van der Waals surface area (Å²) in [7, 11) is 0. The molecule has 0 spiro atoms. The second-order valence-corrected chi connectivity index (χ2v) is 3.77. The molecule has 0 unspecified atom stereocenters. The van der Waals surface area contributed by atoms with E-state index in [1.807, 2.05) is 6.92 Å². The van der Waals surface area contributed by atoms with Crippen LogP contribution in [0.4, 0.5) is 0 Å². The molecular weight excluding hydrogens is 212 g/mol. The van der Waals surface area contributed by atoms with E-state index in [-0.39, 0.29) is 5.91 Å². The van der Waals surface area contributed by atoms with Gasteiger partial charge in [-0.05, 0) is 43.7 Å². The largest absolute Gasteiger partial charge is 0.352 e. The maximum absolute atomic E-state index is 11.6. The normalized spacial score (nSPS) is 10.1. The Morgan fingerprint density at radius 2 is 2.27 bits per heavy atom. The molecule has 0 fully saturated rings. The second kappa shape index (κ2) is 5.73. The van der Waals surface area contributed by atoms with E-state index in [0.717, 1.165) is 12.0 Å². The highest BCUT2D eigenvalue weighted by atomic mass is 35.5. The summed E-state index contributed by atoms with van der Waals surface area (Å²) in [6, 6.07) is 5.22. The number of nitrogens with one attached hydrogen (secondary N) is 1. The molecule has 15 heavy (non-hydrogen) atoms. The van der Waals surface area contributed by atoms with Crippen LogP contribution in [0.25, 0.3) is 0 Å². The molecule has 0 saturated heterocycles. The Morgan fingerprint density at radius 3 is 2.87 bits per heavy atom. The average Bonchev–Trinajstić information content (AvgIpc) is 2.22. The number of hydrogen-bond acceptors (Lipinski definition) is 2. The first-order valence-electron chi connectivity index (χ1n) is 4.89. The van der Waals surface area contributed by atoms with Crippen molar-refractivity contribution < 1.29 is 4.79 Å². The zero-order chi connectivity index (χ0) is 11.3. The Bertz CT molecular complexity index is 352. The molecule has 1 rings (SSSR count). The van der Waals surface area contributed by atoms with E-state index in [4.69, 9.17) is 17.3 Å². The van der Waals surface area contributed by atoms with Gasteiger partial charge in [0.15, 0.2) is 0 Å². The summed E-state index contributed by atoms with van der Waals surface area (Å²) in [6.07, 6.45) is 0.790. The van der Waals surface area contributed by atoms with E-state index >= 15 is 0 Å². The van der Waals surface area contributed by atoms with Crippen molar-refractivity contribution in [2.24, 2.45) is 5.73 Å². The molecule has 0 radical (unpaired) electrons. The fourth-order valence-corrected chi connectivity index (χ4v) is 1.31. The number of amides is 1. The minimum atomic E-state index is -0.0804. The third-order valence-corrected chi connectivity index (χ3v) is 2.51. The molecule has 0 aliphatic rings. The first kappa shape index (κ1) is 12.0. The van der Waals surface area contributed by atoms with E-state index in [0.29, 0.717) is 23.7 Å². The van der Waals surface area contributed by atoms with E-state index in [1.165, 1.54) is 0 Å². The highest BCUT2D eigenvalue weighted by Crippen LogP contribution is 2.16. The molecule has 0 aliphatic carbocycles. The molecule has 82 valence electrons. The van der Waals surface area contributed by atoms with Crippen molar-refractivity contribution in [3.05, 3.63) is 34.3 Å². The van der Waals surface area contributed by atoms with Crippen molar-refractivity contribution in [1.29, 1.82) is 0 Å². The number of halogens is 1. The summed E-state index contributed by atoms with van der Waals surface area (Å²) in [5, 5.41) is 3.46. The zero-order valence-electron chi connectivity index (χ0n) is 8.72. The third-order valence-electron chi connectivity index (χ3n) is 2.09. The van der Waals surface area contributed by atoms with Crippen LogP contribution >= 0.6 is 11.6 Å². The molecule has 0 heterocycles. The summed E-state index contributed by atoms with van der Waals surface area (Å²) in [4.78, 5) is 11.6. The monoisotopic (exact) mass is 226 g/mol. The van der Waals surface area contributed by atoms with Gasteiger partial charge in [0.25, 0.3) is 5.91 Å². The minimum Gasteiger partial charge on any atom is -0.352 e. The number of carbonyl (C=O) groups is 1. The Hall–Kier alpha value is -1.06. The topological polar surface area (TPSA) is 55.1 Å². The third kappa shape index (κ3) is 3.53. The minimum absolute atomic E-state index is 0.0804. The lowest BCUT2D eigenvalue weighted by atomic mass is 10.1. The number of aryl methyl sites for hydroxylation is 1. The molecule has 0 atom stereocenters. The van der Waals surface area contributed by atoms with E-state index < -0.39 is 0 Å². The van der Waals surface area contributed by atoms with Gasteiger partial charge in [0, 0.05) is 17.1 Å². The fourth-order valence-electron chi connectivity index (χ4n) is 1.19. The smallest absolute Gasteiger partial charge is 0.251 e. The Balaban J connectivity index is 2.62. The summed E-state index contributed by atoms with van der Waals surface area (Å²) in [6.45, 7) is 3.07. The van der Waals surface area contributed by atoms with Crippen molar-refractivity contribution in [2.45, 2.75) is 13.3 Å². The van der Waals surface area contributed by atoms with Gasteiger partial charge in [-0.2, -0.15) is 0 Å². The summed E-state index contributed by atoms with van der Waals surface area (Å²) in [5.41, 5.74) is 6.87. The first-order chi connectivity index (χ1) is 7.15. The SMILES string of the molecule is Cc1cc(C(=O)NCCCN)ccc1Cl. The molecule has 1 aromatic carbocycles. The van der Waals surface area contributed by atoms with Crippen LogP contribution in [0.3, 0.4) is 0 Å². The maximum atomic E-state index is 11.6. The van der Waals surface area contributed by atoms with Crippen molar-refractivity contribution in [2.75, 3.05) is 13.1 Å². The molecular formula is C11H15ClN2O. The van der Waals surface area contributed by atoms with Gasteiger partial charge in [-0.25, -0.2) is 0 Å². The van der Waals surface area contributed by atoms with Crippen molar-refractivity contribution >= 4 is 17.5 Å². The molecule has 0 aliphatic heterocycles. The van der Waals surface area contributed by atoms with Gasteiger partial charge in [-0.1, -0.05) is 11.6 Å². The number of hydrogen-bond donors (Lipinski definition) is 2. The van der Waals surface area contributed by atoms with Crippen molar-refractivity contribution in [3.8, 4) is 0 Å². The van der Waals surface area contributed by atoms with Crippen LogP contribution in [-0.2, 0) is 0 Å². The van der Waals surface area contributed by atoms with Crippen LogP contribution in [0.2, 0.25) is 5.02 Å². The highest BCUT2D eigenvalue weighted by molar-refractivity contribution is 6.31. The molecule has 0 aromatic heterocycles. The standard InChI is InChI=1S/C11H15ClN2O/c1-8-7-9(3-4-10(8)12)11(15)14-6-2-5-13/h3-4,7H,2,5-6,13H2,1H3,(H,14,15). The molecule has 1 aromatic rings. The first-order valence-corrected chi connectivity index (χ1v) is 5.27. The van der Waals surface area contributed by atoms with Gasteiger partial charge < -0.3 is 11.1 Å². The van der Waals surface area contributed by atoms with Gasteiger partial charge in [0.2, 0.25) is 0 Å². The lowest BCUT2D eigenvalue weighted by Crippen LogP contribution is -2.25. The lowest BCUT2D eigenvalue weighted by molar-refractivity contribution is 0.0953. The molecule has 4 heteroatoms. The van der Waals surface area contributed by atoms with Gasteiger partial charge in [0.1, 0.15) is 0 Å². The number of rotatable bonds is 4. The molecule has 0 saturated carbocycles. The van der Waals surface area contributed by atoms with Crippen LogP contribution in [0, 0.1) is 6.92 Å². The molecule has 0 bridgehead atoms. The molecule has 3 N–H and O–H groups in total. The van der Waals surface area contributed by atoms with Crippen LogP contribution in [-0.4, -0.2) is 19.0 Å². The maximum Gasteiger partial charge on any atom is 0.251 e. The number of carbonyl (C=O) groups excluding carboxylic acids is 1.